The molecule has 112 valence electrons. The van der Waals surface area contributed by atoms with Crippen LogP contribution < -0.4 is 4.90 Å². The van der Waals surface area contributed by atoms with E-state index in [0.29, 0.717) is 11.3 Å². The molecule has 1 aromatic heterocycles. The molecule has 0 aliphatic carbocycles. The monoisotopic (exact) mass is 314 g/mol. The number of hydrogen-bond acceptors (Lipinski definition) is 4. The highest BCUT2D eigenvalue weighted by atomic mass is 32.1. The van der Waals surface area contributed by atoms with E-state index >= 15 is 0 Å². The van der Waals surface area contributed by atoms with Crippen molar-refractivity contribution in [3.05, 3.63) is 52.2 Å². The van der Waals surface area contributed by atoms with Crippen molar-refractivity contribution in [2.45, 2.75) is 6.42 Å². The van der Waals surface area contributed by atoms with Crippen LogP contribution in [0, 0.1) is 0 Å². The summed E-state index contributed by atoms with van der Waals surface area (Å²) in [6, 6.07) is 10.4. The van der Waals surface area contributed by atoms with E-state index in [4.69, 9.17) is 0 Å². The first kappa shape index (κ1) is 14.5. The van der Waals surface area contributed by atoms with Gasteiger partial charge in [0, 0.05) is 11.9 Å². The summed E-state index contributed by atoms with van der Waals surface area (Å²) in [6.07, 6.45) is 0.148. The zero-order valence-corrected chi connectivity index (χ0v) is 12.8. The largest absolute Gasteiger partial charge is 0.332 e. The van der Waals surface area contributed by atoms with Crippen LogP contribution in [-0.2, 0) is 16.0 Å². The maximum atomic E-state index is 12.6. The molecule has 1 aromatic carbocycles. The van der Waals surface area contributed by atoms with Gasteiger partial charge >= 0.3 is 0 Å². The van der Waals surface area contributed by atoms with E-state index in [1.54, 1.807) is 31.3 Å². The molecule has 3 rings (SSSR count). The van der Waals surface area contributed by atoms with Crippen LogP contribution in [0.1, 0.15) is 15.2 Å². The molecular formula is C16H14N2O3S. The third-order valence-corrected chi connectivity index (χ3v) is 4.38. The number of hydrogen-bond donors (Lipinski definition) is 0. The number of anilines is 1. The van der Waals surface area contributed by atoms with Gasteiger partial charge in [-0.2, -0.15) is 0 Å². The first-order chi connectivity index (χ1) is 10.6. The zero-order valence-electron chi connectivity index (χ0n) is 12.0. The molecule has 0 unspecified atom stereocenters. The summed E-state index contributed by atoms with van der Waals surface area (Å²) in [6.45, 7) is -0.107. The molecule has 0 atom stereocenters. The fraction of sp³-hybridized carbons (Fsp3) is 0.188. The van der Waals surface area contributed by atoms with Crippen LogP contribution in [-0.4, -0.2) is 36.2 Å². The van der Waals surface area contributed by atoms with Crippen molar-refractivity contribution in [3.8, 4) is 0 Å². The molecule has 1 aliphatic rings. The van der Waals surface area contributed by atoms with Crippen LogP contribution in [0.3, 0.4) is 0 Å². The van der Waals surface area contributed by atoms with E-state index in [1.165, 1.54) is 16.2 Å². The molecule has 0 bridgehead atoms. The van der Waals surface area contributed by atoms with E-state index in [2.05, 4.69) is 0 Å². The lowest BCUT2D eigenvalue weighted by Gasteiger charge is -2.20. The molecule has 2 aromatic rings. The van der Waals surface area contributed by atoms with E-state index in [-0.39, 0.29) is 30.7 Å². The van der Waals surface area contributed by atoms with Crippen LogP contribution >= 0.6 is 11.3 Å². The number of para-hydroxylation sites is 1. The maximum absolute atomic E-state index is 12.6. The third kappa shape index (κ3) is 2.53. The fourth-order valence-electron chi connectivity index (χ4n) is 2.45. The number of thiophene rings is 1. The lowest BCUT2D eigenvalue weighted by Crippen LogP contribution is -2.41. The van der Waals surface area contributed by atoms with Gasteiger partial charge in [0.2, 0.25) is 5.91 Å². The van der Waals surface area contributed by atoms with Gasteiger partial charge in [0.05, 0.1) is 17.7 Å². The van der Waals surface area contributed by atoms with Gasteiger partial charge in [-0.25, -0.2) is 4.90 Å². The van der Waals surface area contributed by atoms with Crippen LogP contribution in [0.25, 0.3) is 0 Å². The Kier molecular flexibility index (Phi) is 3.77. The molecule has 0 saturated carbocycles. The Morgan fingerprint density at radius 2 is 1.95 bits per heavy atom. The minimum atomic E-state index is -0.387. The van der Waals surface area contributed by atoms with E-state index in [1.807, 2.05) is 17.5 Å². The highest BCUT2D eigenvalue weighted by Crippen LogP contribution is 2.26. The van der Waals surface area contributed by atoms with Gasteiger partial charge in [0.1, 0.15) is 6.54 Å². The van der Waals surface area contributed by atoms with Crippen LogP contribution in [0.5, 0.6) is 0 Å². The van der Waals surface area contributed by atoms with Crippen LogP contribution in [0.2, 0.25) is 0 Å². The van der Waals surface area contributed by atoms with Crippen molar-refractivity contribution in [3.63, 3.8) is 0 Å². The minimum absolute atomic E-state index is 0.107. The molecule has 0 fully saturated rings. The minimum Gasteiger partial charge on any atom is -0.332 e. The lowest BCUT2D eigenvalue weighted by atomic mass is 10.1. The summed E-state index contributed by atoms with van der Waals surface area (Å²) in [5.74, 6) is -0.958. The summed E-state index contributed by atoms with van der Waals surface area (Å²) >= 11 is 1.47. The zero-order chi connectivity index (χ0) is 15.7. The van der Waals surface area contributed by atoms with Gasteiger partial charge in [0.15, 0.2) is 0 Å². The average molecular weight is 314 g/mol. The Balaban J connectivity index is 2.01. The molecule has 0 radical (unpaired) electrons. The normalized spacial score (nSPS) is 14.8. The van der Waals surface area contributed by atoms with Crippen molar-refractivity contribution < 1.29 is 14.4 Å². The van der Waals surface area contributed by atoms with Gasteiger partial charge in [0.25, 0.3) is 11.8 Å². The Bertz CT molecular complexity index is 740. The summed E-state index contributed by atoms with van der Waals surface area (Å²) in [4.78, 5) is 40.7. The molecular weight excluding hydrogens is 300 g/mol. The smallest absolute Gasteiger partial charge is 0.256 e. The van der Waals surface area contributed by atoms with Crippen molar-refractivity contribution in [2.75, 3.05) is 18.5 Å². The predicted molar refractivity (Wildman–Crippen MR) is 83.9 cm³/mol. The second kappa shape index (κ2) is 5.73. The number of nitrogens with zero attached hydrogens (tertiary/aromatic N) is 2. The van der Waals surface area contributed by atoms with Gasteiger partial charge in [-0.1, -0.05) is 18.2 Å². The summed E-state index contributed by atoms with van der Waals surface area (Å²) in [5, 5.41) is 1.89. The average Bonchev–Trinajstić information content (AvgIpc) is 2.96. The van der Waals surface area contributed by atoms with Gasteiger partial charge in [-0.3, -0.25) is 14.4 Å². The predicted octanol–water partition coefficient (Wildman–Crippen LogP) is 1.94. The quantitative estimate of drug-likeness (QED) is 0.851. The van der Waals surface area contributed by atoms with Crippen molar-refractivity contribution in [2.24, 2.45) is 0 Å². The SMILES string of the molecule is CN1CC(=O)N(C(=O)Cc2cccs2)c2ccccc2C1=O. The second-order valence-corrected chi connectivity index (χ2v) is 6.09. The highest BCUT2D eigenvalue weighted by Gasteiger charge is 2.33. The number of rotatable bonds is 2. The van der Waals surface area contributed by atoms with Crippen molar-refractivity contribution in [1.82, 2.24) is 4.90 Å². The van der Waals surface area contributed by atoms with Gasteiger partial charge < -0.3 is 4.90 Å². The molecule has 6 heteroatoms. The van der Waals surface area contributed by atoms with E-state index < -0.39 is 0 Å². The van der Waals surface area contributed by atoms with Gasteiger partial charge in [-0.05, 0) is 23.6 Å². The molecule has 2 heterocycles. The first-order valence-electron chi connectivity index (χ1n) is 6.80. The van der Waals surface area contributed by atoms with E-state index in [0.717, 1.165) is 9.78 Å². The third-order valence-electron chi connectivity index (χ3n) is 3.50. The summed E-state index contributed by atoms with van der Waals surface area (Å²) in [5.41, 5.74) is 0.735. The Morgan fingerprint density at radius 3 is 2.68 bits per heavy atom. The van der Waals surface area contributed by atoms with Crippen molar-refractivity contribution >= 4 is 34.7 Å². The number of amides is 3. The number of benzene rings is 1. The van der Waals surface area contributed by atoms with Crippen LogP contribution in [0.4, 0.5) is 5.69 Å². The summed E-state index contributed by atoms with van der Waals surface area (Å²) < 4.78 is 0. The Hall–Kier alpha value is -2.47. The molecule has 0 N–H and O–H groups in total. The Labute approximate surface area is 131 Å². The van der Waals surface area contributed by atoms with E-state index in [9.17, 15) is 14.4 Å². The summed E-state index contributed by atoms with van der Waals surface area (Å²) in [7, 11) is 1.56. The van der Waals surface area contributed by atoms with Crippen molar-refractivity contribution in [1.29, 1.82) is 0 Å². The molecule has 5 nitrogen and oxygen atoms in total. The molecule has 0 saturated heterocycles. The highest BCUT2D eigenvalue weighted by molar-refractivity contribution is 7.10. The molecule has 3 amide bonds. The van der Waals surface area contributed by atoms with Crippen LogP contribution in [0.15, 0.2) is 41.8 Å². The topological polar surface area (TPSA) is 57.7 Å². The number of carbonyl (C=O) groups excluding carboxylic acids is 3. The Morgan fingerprint density at radius 1 is 1.18 bits per heavy atom. The molecule has 22 heavy (non-hydrogen) atoms. The second-order valence-electron chi connectivity index (χ2n) is 5.06. The maximum Gasteiger partial charge on any atom is 0.256 e. The fourth-order valence-corrected chi connectivity index (χ4v) is 3.15. The lowest BCUT2D eigenvalue weighted by molar-refractivity contribution is -0.126. The number of fused-ring (bicyclic) bond motifs is 1. The molecule has 0 spiro atoms. The van der Waals surface area contributed by atoms with Gasteiger partial charge in [-0.15, -0.1) is 11.3 Å². The number of likely N-dealkylation sites (N-methyl/N-ethyl adjacent to an activating group) is 1. The molecule has 1 aliphatic heterocycles. The standard InChI is InChI=1S/C16H14N2O3S/c1-17-10-15(20)18(14(19)9-11-5-4-8-22-11)13-7-3-2-6-12(13)16(17)21/h2-8H,9-10H2,1H3. The number of carbonyl (C=O) groups is 3. The number of imide groups is 1. The first-order valence-corrected chi connectivity index (χ1v) is 7.68.